The highest BCUT2D eigenvalue weighted by Gasteiger charge is 2.25. The number of hydrogen-bond donors (Lipinski definition) is 2. The Morgan fingerprint density at radius 2 is 2.13 bits per heavy atom. The van der Waals surface area contributed by atoms with Crippen LogP contribution in [0.1, 0.15) is 37.7 Å². The molecule has 1 unspecified atom stereocenters. The van der Waals surface area contributed by atoms with Gasteiger partial charge in [-0.2, -0.15) is 5.10 Å². The number of ether oxygens (including phenoxy) is 1. The molecule has 0 bridgehead atoms. The number of aromatic amines is 1. The van der Waals surface area contributed by atoms with Gasteiger partial charge in [0.2, 0.25) is 6.41 Å². The van der Waals surface area contributed by atoms with Gasteiger partial charge in [-0.05, 0) is 0 Å². The van der Waals surface area contributed by atoms with Gasteiger partial charge in [0, 0.05) is 35.7 Å². The molecule has 1 fully saturated rings. The van der Waals surface area contributed by atoms with E-state index in [9.17, 15) is 4.79 Å². The number of carbonyl (C=O) groups is 1. The van der Waals surface area contributed by atoms with E-state index in [0.29, 0.717) is 52.2 Å². The number of H-pyrrole nitrogens is 1. The molecule has 0 spiro atoms. The zero-order valence-electron chi connectivity index (χ0n) is 17.2. The number of amides is 1. The van der Waals surface area contributed by atoms with Crippen molar-refractivity contribution in [3.63, 3.8) is 0 Å². The summed E-state index contributed by atoms with van der Waals surface area (Å²) in [6, 6.07) is 0. The van der Waals surface area contributed by atoms with E-state index in [0.717, 1.165) is 0 Å². The highest BCUT2D eigenvalue weighted by molar-refractivity contribution is 6.35. The SMILES string of the molecule is C1CC1.COCC(C)c1c(F)c(Cl)c(-c2cn3cc(NC=O)nc3cn2)c2cn[nH]c12. The van der Waals surface area contributed by atoms with E-state index in [4.69, 9.17) is 16.3 Å². The number of methoxy groups -OCH3 is 1. The number of benzene rings is 1. The van der Waals surface area contributed by atoms with E-state index in [-0.39, 0.29) is 10.9 Å². The van der Waals surface area contributed by atoms with Crippen LogP contribution in [-0.4, -0.2) is 44.7 Å². The predicted molar refractivity (Wildman–Crippen MR) is 117 cm³/mol. The average molecular weight is 445 g/mol. The van der Waals surface area contributed by atoms with Crippen molar-refractivity contribution in [3.8, 4) is 11.3 Å². The minimum atomic E-state index is -0.534. The van der Waals surface area contributed by atoms with Gasteiger partial charge in [-0.25, -0.2) is 9.37 Å². The standard InChI is InChI=1S/C18H16ClFN6O2.C3H6/c1-9(7-28-2)14-17(20)16(19)15(10-3-23-25-18(10)14)11-5-26-6-12(22-8-27)24-13(26)4-21-11;1-2-3-1/h3-6,8-9H,7H2,1-2H3,(H,22,27)(H,23,25);1-3H2. The minimum absolute atomic E-state index is 0.0370. The van der Waals surface area contributed by atoms with Gasteiger partial charge in [0.15, 0.2) is 11.5 Å². The van der Waals surface area contributed by atoms with Crippen LogP contribution in [0.25, 0.3) is 27.8 Å². The molecular formula is C21H22ClFN6O2. The van der Waals surface area contributed by atoms with E-state index in [1.807, 2.05) is 6.92 Å². The monoisotopic (exact) mass is 444 g/mol. The first-order valence-electron chi connectivity index (χ1n) is 9.93. The van der Waals surface area contributed by atoms with Crippen molar-refractivity contribution in [2.24, 2.45) is 0 Å². The number of halogens is 2. The number of rotatable bonds is 6. The summed E-state index contributed by atoms with van der Waals surface area (Å²) in [7, 11) is 1.56. The molecule has 2 N–H and O–H groups in total. The molecule has 8 nitrogen and oxygen atoms in total. The molecule has 3 heterocycles. The molecule has 31 heavy (non-hydrogen) atoms. The van der Waals surface area contributed by atoms with Crippen molar-refractivity contribution in [2.45, 2.75) is 32.1 Å². The van der Waals surface area contributed by atoms with Gasteiger partial charge >= 0.3 is 0 Å². The molecule has 1 saturated carbocycles. The topological polar surface area (TPSA) is 97.2 Å². The van der Waals surface area contributed by atoms with E-state index in [2.05, 4.69) is 25.5 Å². The summed E-state index contributed by atoms with van der Waals surface area (Å²) in [5.41, 5.74) is 2.38. The van der Waals surface area contributed by atoms with Crippen LogP contribution >= 0.6 is 11.6 Å². The largest absolute Gasteiger partial charge is 0.384 e. The molecule has 162 valence electrons. The second-order valence-corrected chi connectivity index (χ2v) is 7.80. The Kier molecular flexibility index (Phi) is 6.15. The van der Waals surface area contributed by atoms with Crippen LogP contribution in [0.3, 0.4) is 0 Å². The average Bonchev–Trinajstić information content (AvgIpc) is 3.47. The molecular weight excluding hydrogens is 423 g/mol. The maximum absolute atomic E-state index is 15.2. The summed E-state index contributed by atoms with van der Waals surface area (Å²) in [6.45, 7) is 2.20. The first-order valence-corrected chi connectivity index (χ1v) is 10.3. The first kappa shape index (κ1) is 21.2. The van der Waals surface area contributed by atoms with Crippen LogP contribution in [0, 0.1) is 5.82 Å². The van der Waals surface area contributed by atoms with Gasteiger partial charge in [0.1, 0.15) is 5.82 Å². The van der Waals surface area contributed by atoms with Crippen LogP contribution in [0.4, 0.5) is 10.2 Å². The van der Waals surface area contributed by atoms with Crippen molar-refractivity contribution >= 4 is 40.4 Å². The van der Waals surface area contributed by atoms with Crippen LogP contribution in [0.15, 0.2) is 24.8 Å². The Hall–Kier alpha value is -3.04. The van der Waals surface area contributed by atoms with Gasteiger partial charge in [-0.3, -0.25) is 14.9 Å². The van der Waals surface area contributed by atoms with E-state index >= 15 is 4.39 Å². The lowest BCUT2D eigenvalue weighted by Crippen LogP contribution is -2.07. The molecule has 1 atom stereocenters. The maximum atomic E-state index is 15.2. The number of nitrogens with zero attached hydrogens (tertiary/aromatic N) is 4. The molecule has 1 aliphatic rings. The van der Waals surface area contributed by atoms with Crippen LogP contribution in [0.2, 0.25) is 5.02 Å². The summed E-state index contributed by atoms with van der Waals surface area (Å²) >= 11 is 6.44. The molecule has 1 amide bonds. The maximum Gasteiger partial charge on any atom is 0.212 e. The normalized spacial score (nSPS) is 13.7. The number of imidazole rings is 1. The fourth-order valence-electron chi connectivity index (χ4n) is 3.34. The van der Waals surface area contributed by atoms with Gasteiger partial charge < -0.3 is 14.5 Å². The second-order valence-electron chi connectivity index (χ2n) is 7.42. The Labute approximate surface area is 182 Å². The second kappa shape index (κ2) is 8.99. The summed E-state index contributed by atoms with van der Waals surface area (Å²) < 4.78 is 22.1. The molecule has 0 saturated heterocycles. The van der Waals surface area contributed by atoms with Gasteiger partial charge in [0.25, 0.3) is 0 Å². The number of hydrogen-bond acceptors (Lipinski definition) is 5. The van der Waals surface area contributed by atoms with Crippen LogP contribution < -0.4 is 5.32 Å². The summed E-state index contributed by atoms with van der Waals surface area (Å²) in [4.78, 5) is 19.2. The molecule has 0 aliphatic heterocycles. The Morgan fingerprint density at radius 1 is 1.35 bits per heavy atom. The lowest BCUT2D eigenvalue weighted by Gasteiger charge is -2.16. The molecule has 1 aliphatic carbocycles. The van der Waals surface area contributed by atoms with Crippen molar-refractivity contribution in [2.75, 3.05) is 19.0 Å². The highest BCUT2D eigenvalue weighted by atomic mass is 35.5. The number of aromatic nitrogens is 5. The van der Waals surface area contributed by atoms with E-state index in [1.54, 1.807) is 30.1 Å². The first-order chi connectivity index (χ1) is 15.0. The summed E-state index contributed by atoms with van der Waals surface area (Å²) in [6.07, 6.45) is 11.5. The summed E-state index contributed by atoms with van der Waals surface area (Å²) in [5, 5.41) is 10.0. The van der Waals surface area contributed by atoms with E-state index < -0.39 is 5.82 Å². The van der Waals surface area contributed by atoms with Crippen molar-refractivity contribution < 1.29 is 13.9 Å². The number of fused-ring (bicyclic) bond motifs is 2. The highest BCUT2D eigenvalue weighted by Crippen LogP contribution is 2.40. The minimum Gasteiger partial charge on any atom is -0.384 e. The van der Waals surface area contributed by atoms with Crippen molar-refractivity contribution in [1.82, 2.24) is 24.6 Å². The number of anilines is 1. The third-order valence-electron chi connectivity index (χ3n) is 4.89. The van der Waals surface area contributed by atoms with Crippen LogP contribution in [-0.2, 0) is 9.53 Å². The molecule has 4 aromatic rings. The Morgan fingerprint density at radius 3 is 2.81 bits per heavy atom. The van der Waals surface area contributed by atoms with Gasteiger partial charge in [0.05, 0.1) is 41.4 Å². The fourth-order valence-corrected chi connectivity index (χ4v) is 3.64. The molecule has 3 aromatic heterocycles. The number of carbonyl (C=O) groups excluding carboxylic acids is 1. The third kappa shape index (κ3) is 4.24. The summed E-state index contributed by atoms with van der Waals surface area (Å²) in [5.74, 6) is -0.377. The van der Waals surface area contributed by atoms with Crippen molar-refractivity contribution in [1.29, 1.82) is 0 Å². The van der Waals surface area contributed by atoms with Gasteiger partial charge in [-0.15, -0.1) is 0 Å². The lowest BCUT2D eigenvalue weighted by atomic mass is 9.95. The van der Waals surface area contributed by atoms with Crippen LogP contribution in [0.5, 0.6) is 0 Å². The van der Waals surface area contributed by atoms with E-state index in [1.165, 1.54) is 25.5 Å². The zero-order chi connectivity index (χ0) is 22.0. The molecule has 10 heteroatoms. The molecule has 1 aromatic carbocycles. The molecule has 5 rings (SSSR count). The third-order valence-corrected chi connectivity index (χ3v) is 5.25. The molecule has 0 radical (unpaired) electrons. The number of nitrogens with one attached hydrogen (secondary N) is 2. The van der Waals surface area contributed by atoms with Gasteiger partial charge in [-0.1, -0.05) is 37.8 Å². The fraction of sp³-hybridized carbons (Fsp3) is 0.333. The Balaban J connectivity index is 0.000000710. The zero-order valence-corrected chi connectivity index (χ0v) is 17.9. The smallest absolute Gasteiger partial charge is 0.212 e. The Bertz CT molecular complexity index is 1230. The van der Waals surface area contributed by atoms with Crippen molar-refractivity contribution in [3.05, 3.63) is 41.2 Å². The lowest BCUT2D eigenvalue weighted by molar-refractivity contribution is -0.105. The predicted octanol–water partition coefficient (Wildman–Crippen LogP) is 4.55. The quantitative estimate of drug-likeness (QED) is 0.425.